The predicted molar refractivity (Wildman–Crippen MR) is 96.5 cm³/mol. The van der Waals surface area contributed by atoms with Crippen LogP contribution in [0.25, 0.3) is 0 Å². The monoisotopic (exact) mass is 371 g/mol. The van der Waals surface area contributed by atoms with Crippen LogP contribution in [-0.2, 0) is 16.0 Å². The average molecular weight is 372 g/mol. The second-order valence-electron chi connectivity index (χ2n) is 6.30. The number of halogens is 2. The Morgan fingerprint density at radius 2 is 1.79 bits per heavy atom. The van der Waals surface area contributed by atoms with E-state index in [2.05, 4.69) is 10.2 Å². The Balaban J connectivity index is 1.80. The minimum atomic E-state index is 0.0283. The van der Waals surface area contributed by atoms with Crippen molar-refractivity contribution in [2.45, 2.75) is 26.3 Å². The van der Waals surface area contributed by atoms with Gasteiger partial charge in [0, 0.05) is 32.2 Å². The number of nitrogens with one attached hydrogen (secondary N) is 1. The zero-order valence-electron chi connectivity index (χ0n) is 14.0. The van der Waals surface area contributed by atoms with Crippen LogP contribution in [0, 0.1) is 0 Å². The molecule has 0 spiro atoms. The Morgan fingerprint density at radius 3 is 2.38 bits per heavy atom. The molecule has 0 aromatic heterocycles. The highest BCUT2D eigenvalue weighted by molar-refractivity contribution is 6.42. The van der Waals surface area contributed by atoms with Crippen LogP contribution in [0.15, 0.2) is 18.2 Å². The molecule has 7 heteroatoms. The maximum atomic E-state index is 12.4. The molecule has 0 saturated carbocycles. The molecular weight excluding hydrogens is 349 g/mol. The molecule has 1 aromatic rings. The van der Waals surface area contributed by atoms with Crippen molar-refractivity contribution in [3.63, 3.8) is 0 Å². The molecular formula is C17H23Cl2N3O2. The van der Waals surface area contributed by atoms with E-state index in [1.807, 2.05) is 24.8 Å². The first-order valence-corrected chi connectivity index (χ1v) is 8.84. The average Bonchev–Trinajstić information content (AvgIpc) is 2.50. The lowest BCUT2D eigenvalue weighted by Crippen LogP contribution is -2.51. The van der Waals surface area contributed by atoms with Crippen LogP contribution < -0.4 is 5.32 Å². The van der Waals surface area contributed by atoms with Gasteiger partial charge < -0.3 is 10.2 Å². The lowest BCUT2D eigenvalue weighted by molar-refractivity contribution is -0.132. The lowest BCUT2D eigenvalue weighted by atomic mass is 10.1. The van der Waals surface area contributed by atoms with Gasteiger partial charge in [0.1, 0.15) is 0 Å². The second-order valence-corrected chi connectivity index (χ2v) is 7.12. The summed E-state index contributed by atoms with van der Waals surface area (Å²) in [6.45, 7) is 6.95. The summed E-state index contributed by atoms with van der Waals surface area (Å²) in [4.78, 5) is 28.1. The third-order valence-electron chi connectivity index (χ3n) is 3.88. The van der Waals surface area contributed by atoms with E-state index in [1.54, 1.807) is 12.1 Å². The van der Waals surface area contributed by atoms with Gasteiger partial charge in [0.05, 0.1) is 23.0 Å². The minimum Gasteiger partial charge on any atom is -0.353 e. The minimum absolute atomic E-state index is 0.0283. The largest absolute Gasteiger partial charge is 0.353 e. The molecule has 132 valence electrons. The van der Waals surface area contributed by atoms with E-state index in [1.165, 1.54) is 0 Å². The van der Waals surface area contributed by atoms with Crippen LogP contribution in [0.1, 0.15) is 19.4 Å². The summed E-state index contributed by atoms with van der Waals surface area (Å²) in [6.07, 6.45) is 0.310. The fourth-order valence-electron chi connectivity index (χ4n) is 2.66. The van der Waals surface area contributed by atoms with Crippen molar-refractivity contribution in [3.05, 3.63) is 33.8 Å². The number of carbonyl (C=O) groups excluding carboxylic acids is 2. The van der Waals surface area contributed by atoms with Gasteiger partial charge in [-0.15, -0.1) is 0 Å². The predicted octanol–water partition coefficient (Wildman–Crippen LogP) is 2.20. The number of nitrogens with zero attached hydrogens (tertiary/aromatic N) is 2. The summed E-state index contributed by atoms with van der Waals surface area (Å²) in [5.41, 5.74) is 0.855. The van der Waals surface area contributed by atoms with Crippen molar-refractivity contribution in [2.24, 2.45) is 0 Å². The molecule has 0 unspecified atom stereocenters. The maximum Gasteiger partial charge on any atom is 0.234 e. The van der Waals surface area contributed by atoms with Gasteiger partial charge in [-0.1, -0.05) is 29.3 Å². The SMILES string of the molecule is CC(C)NC(=O)CN1CCN(C(=O)Cc2ccc(Cl)c(Cl)c2)CC1. The zero-order valence-corrected chi connectivity index (χ0v) is 15.5. The van der Waals surface area contributed by atoms with Gasteiger partial charge in [-0.2, -0.15) is 0 Å². The van der Waals surface area contributed by atoms with Crippen molar-refractivity contribution < 1.29 is 9.59 Å². The van der Waals surface area contributed by atoms with E-state index >= 15 is 0 Å². The van der Waals surface area contributed by atoms with E-state index < -0.39 is 0 Å². The number of hydrogen-bond donors (Lipinski definition) is 1. The number of amides is 2. The van der Waals surface area contributed by atoms with Gasteiger partial charge in [-0.05, 0) is 31.5 Å². The van der Waals surface area contributed by atoms with Gasteiger partial charge >= 0.3 is 0 Å². The van der Waals surface area contributed by atoms with Crippen molar-refractivity contribution >= 4 is 35.0 Å². The summed E-state index contributed by atoms with van der Waals surface area (Å²) in [6, 6.07) is 5.40. The summed E-state index contributed by atoms with van der Waals surface area (Å²) in [5.74, 6) is 0.0975. The molecule has 0 bridgehead atoms. The van der Waals surface area contributed by atoms with Crippen LogP contribution in [0.3, 0.4) is 0 Å². The molecule has 2 amide bonds. The Hall–Kier alpha value is -1.30. The van der Waals surface area contributed by atoms with Crippen molar-refractivity contribution in [3.8, 4) is 0 Å². The zero-order chi connectivity index (χ0) is 17.7. The Labute approximate surface area is 152 Å². The molecule has 0 atom stereocenters. The molecule has 0 aliphatic carbocycles. The van der Waals surface area contributed by atoms with Gasteiger partial charge in [0.2, 0.25) is 11.8 Å². The normalized spacial score (nSPS) is 15.6. The molecule has 5 nitrogen and oxygen atoms in total. The standard InChI is InChI=1S/C17H23Cl2N3O2/c1-12(2)20-16(23)11-21-5-7-22(8-6-21)17(24)10-13-3-4-14(18)15(19)9-13/h3-4,9,12H,5-8,10-11H2,1-2H3,(H,20,23). The Bertz CT molecular complexity index is 599. The van der Waals surface area contributed by atoms with E-state index in [9.17, 15) is 9.59 Å². The van der Waals surface area contributed by atoms with Crippen LogP contribution in [0.4, 0.5) is 0 Å². The Morgan fingerprint density at radius 1 is 1.12 bits per heavy atom. The third kappa shape index (κ3) is 5.65. The van der Waals surface area contributed by atoms with Gasteiger partial charge in [-0.3, -0.25) is 14.5 Å². The molecule has 1 aliphatic heterocycles. The van der Waals surface area contributed by atoms with Gasteiger partial charge in [0.25, 0.3) is 0 Å². The maximum absolute atomic E-state index is 12.4. The summed E-state index contributed by atoms with van der Waals surface area (Å²) in [5, 5.41) is 3.83. The smallest absolute Gasteiger partial charge is 0.234 e. The first kappa shape index (κ1) is 19.0. The highest BCUT2D eigenvalue weighted by Gasteiger charge is 2.22. The number of rotatable bonds is 5. The van der Waals surface area contributed by atoms with Crippen molar-refractivity contribution in [2.75, 3.05) is 32.7 Å². The number of piperazine rings is 1. The number of hydrogen-bond acceptors (Lipinski definition) is 3. The number of carbonyl (C=O) groups is 2. The molecule has 0 radical (unpaired) electrons. The summed E-state index contributed by atoms with van der Waals surface area (Å²) in [7, 11) is 0. The summed E-state index contributed by atoms with van der Waals surface area (Å²) >= 11 is 11.9. The van der Waals surface area contributed by atoms with Gasteiger partial charge in [-0.25, -0.2) is 0 Å². The molecule has 24 heavy (non-hydrogen) atoms. The van der Waals surface area contributed by atoms with E-state index in [-0.39, 0.29) is 17.9 Å². The fourth-order valence-corrected chi connectivity index (χ4v) is 2.98. The first-order valence-electron chi connectivity index (χ1n) is 8.08. The van der Waals surface area contributed by atoms with Crippen LogP contribution in [0.5, 0.6) is 0 Å². The summed E-state index contributed by atoms with van der Waals surface area (Å²) < 4.78 is 0. The lowest BCUT2D eigenvalue weighted by Gasteiger charge is -2.34. The van der Waals surface area contributed by atoms with Crippen LogP contribution >= 0.6 is 23.2 Å². The molecule has 1 aromatic carbocycles. The van der Waals surface area contributed by atoms with E-state index in [4.69, 9.17) is 23.2 Å². The highest BCUT2D eigenvalue weighted by Crippen LogP contribution is 2.23. The molecule has 1 fully saturated rings. The van der Waals surface area contributed by atoms with Gasteiger partial charge in [0.15, 0.2) is 0 Å². The number of benzene rings is 1. The van der Waals surface area contributed by atoms with E-state index in [0.717, 1.165) is 5.56 Å². The third-order valence-corrected chi connectivity index (χ3v) is 4.62. The van der Waals surface area contributed by atoms with Crippen molar-refractivity contribution in [1.82, 2.24) is 15.1 Å². The van der Waals surface area contributed by atoms with Crippen LogP contribution in [-0.4, -0.2) is 60.4 Å². The van der Waals surface area contributed by atoms with Crippen molar-refractivity contribution in [1.29, 1.82) is 0 Å². The fraction of sp³-hybridized carbons (Fsp3) is 0.529. The second kappa shape index (κ2) is 8.70. The topological polar surface area (TPSA) is 52.7 Å². The molecule has 1 saturated heterocycles. The molecule has 2 rings (SSSR count). The molecule has 1 N–H and O–H groups in total. The molecule has 1 aliphatic rings. The first-order chi connectivity index (χ1) is 11.3. The Kier molecular flexibility index (Phi) is 6.90. The highest BCUT2D eigenvalue weighted by atomic mass is 35.5. The van der Waals surface area contributed by atoms with Crippen LogP contribution in [0.2, 0.25) is 10.0 Å². The quantitative estimate of drug-likeness (QED) is 0.862. The molecule has 1 heterocycles. The van der Waals surface area contributed by atoms with E-state index in [0.29, 0.717) is 49.2 Å².